The van der Waals surface area contributed by atoms with E-state index in [0.29, 0.717) is 11.3 Å². The van der Waals surface area contributed by atoms with Gasteiger partial charge in [-0.05, 0) is 64.8 Å². The first-order valence-electron chi connectivity index (χ1n) is 19.5. The van der Waals surface area contributed by atoms with Crippen LogP contribution in [0.4, 0.5) is 4.79 Å². The van der Waals surface area contributed by atoms with Crippen molar-refractivity contribution in [1.29, 1.82) is 0 Å². The molecule has 0 saturated carbocycles. The highest BCUT2D eigenvalue weighted by molar-refractivity contribution is 9.10. The molecule has 0 aliphatic rings. The van der Waals surface area contributed by atoms with Crippen LogP contribution in [-0.4, -0.2) is 71.4 Å². The second-order valence-electron chi connectivity index (χ2n) is 15.7. The molecular weight excluding hydrogens is 818 g/mol. The minimum atomic E-state index is -1.56. The predicted octanol–water partition coefficient (Wildman–Crippen LogP) is 5.51. The fourth-order valence-corrected chi connectivity index (χ4v) is 6.70. The monoisotopic (exact) mass is 873 g/mol. The van der Waals surface area contributed by atoms with E-state index in [1.165, 1.54) is 6.07 Å². The number of carbonyl (C=O) groups excluding carboxylic acids is 4. The summed E-state index contributed by atoms with van der Waals surface area (Å²) in [6.45, 7) is 9.06. The lowest BCUT2D eigenvalue weighted by Crippen LogP contribution is -2.63. The topological polar surface area (TPSA) is 187 Å². The summed E-state index contributed by atoms with van der Waals surface area (Å²) in [5.74, 6) is -1.52. The molecule has 0 aromatic heterocycles. The van der Waals surface area contributed by atoms with E-state index >= 15 is 0 Å². The molecule has 4 aromatic carbocycles. The third kappa shape index (κ3) is 14.4. The van der Waals surface area contributed by atoms with Crippen molar-refractivity contribution in [3.8, 4) is 11.5 Å². The van der Waals surface area contributed by atoms with Crippen LogP contribution in [0.15, 0.2) is 108 Å². The number of hydrogen-bond acceptors (Lipinski definition) is 9. The predicted molar refractivity (Wildman–Crippen MR) is 229 cm³/mol. The summed E-state index contributed by atoms with van der Waals surface area (Å²) in [7, 11) is 1.56. The number of aliphatic hydroxyl groups is 1. The third-order valence-electron chi connectivity index (χ3n) is 9.69. The lowest BCUT2D eigenvalue weighted by Gasteiger charge is -2.35. The number of alkyl carbamates (subject to hydrolysis) is 1. The molecule has 4 aromatic rings. The summed E-state index contributed by atoms with van der Waals surface area (Å²) in [6, 6.07) is 25.8. The van der Waals surface area contributed by atoms with Crippen molar-refractivity contribution >= 4 is 39.7 Å². The normalized spacial score (nSPS) is 13.9. The molecular formula is C45H56BrN5O8. The first-order chi connectivity index (χ1) is 28.0. The Kier molecular flexibility index (Phi) is 17.3. The van der Waals surface area contributed by atoms with Gasteiger partial charge in [-0.25, -0.2) is 4.79 Å². The second-order valence-corrected chi connectivity index (χ2v) is 16.6. The summed E-state index contributed by atoms with van der Waals surface area (Å²) in [5, 5.41) is 37.1. The summed E-state index contributed by atoms with van der Waals surface area (Å²) >= 11 is 3.38. The quantitative estimate of drug-likeness (QED) is 0.0638. The Hall–Kier alpha value is -5.44. The van der Waals surface area contributed by atoms with E-state index in [0.717, 1.165) is 21.2 Å². The summed E-state index contributed by atoms with van der Waals surface area (Å²) in [5.41, 5.74) is 1.99. The molecule has 0 fully saturated rings. The SMILES string of the molecule is COc1ccc(CNC(C(=O)N[C@H](C(=O)NCc2cc(Br)ccc2O)C(C)C)[C@@H](O)C(Cc2ccccc2)NC(=O)C(NC(=O)OCc2ccccc2)C(C)(C)C)cc1. The Balaban J connectivity index is 1.62. The molecule has 0 saturated heterocycles. The van der Waals surface area contributed by atoms with Crippen LogP contribution < -0.4 is 31.3 Å². The van der Waals surface area contributed by atoms with Gasteiger partial charge in [0.15, 0.2) is 0 Å². The maximum atomic E-state index is 14.4. The van der Waals surface area contributed by atoms with Gasteiger partial charge in [0.2, 0.25) is 17.7 Å². The van der Waals surface area contributed by atoms with Crippen molar-refractivity contribution in [2.75, 3.05) is 7.11 Å². The third-order valence-corrected chi connectivity index (χ3v) is 10.2. The lowest BCUT2D eigenvalue weighted by molar-refractivity contribution is -0.134. The Morgan fingerprint density at radius 2 is 1.36 bits per heavy atom. The number of phenols is 1. The van der Waals surface area contributed by atoms with Gasteiger partial charge in [-0.15, -0.1) is 0 Å². The number of hydrogen-bond donors (Lipinski definition) is 7. The molecule has 0 aliphatic heterocycles. The van der Waals surface area contributed by atoms with Gasteiger partial charge in [0.25, 0.3) is 0 Å². The fourth-order valence-electron chi connectivity index (χ4n) is 6.29. The number of carbonyl (C=O) groups is 4. The van der Waals surface area contributed by atoms with E-state index in [-0.39, 0.29) is 37.8 Å². The van der Waals surface area contributed by atoms with Crippen LogP contribution in [0.3, 0.4) is 0 Å². The molecule has 4 amide bonds. The number of ether oxygens (including phenoxy) is 2. The van der Waals surface area contributed by atoms with Crippen molar-refractivity contribution in [2.24, 2.45) is 11.3 Å². The average molecular weight is 875 g/mol. The van der Waals surface area contributed by atoms with Crippen LogP contribution in [-0.2, 0) is 45.2 Å². The summed E-state index contributed by atoms with van der Waals surface area (Å²) in [6.07, 6.45) is -2.24. The van der Waals surface area contributed by atoms with Crippen molar-refractivity contribution < 1.29 is 38.9 Å². The van der Waals surface area contributed by atoms with Gasteiger partial charge in [-0.2, -0.15) is 0 Å². The maximum Gasteiger partial charge on any atom is 0.408 e. The van der Waals surface area contributed by atoms with Crippen molar-refractivity contribution in [2.45, 2.75) is 91.0 Å². The molecule has 316 valence electrons. The highest BCUT2D eigenvalue weighted by Crippen LogP contribution is 2.23. The zero-order valence-electron chi connectivity index (χ0n) is 34.3. The van der Waals surface area contributed by atoms with Gasteiger partial charge >= 0.3 is 6.09 Å². The maximum absolute atomic E-state index is 14.4. The van der Waals surface area contributed by atoms with Crippen LogP contribution >= 0.6 is 15.9 Å². The number of phenolic OH excluding ortho intramolecular Hbond substituents is 1. The molecule has 4 rings (SSSR count). The number of nitrogens with one attached hydrogen (secondary N) is 5. The Bertz CT molecular complexity index is 1980. The van der Waals surface area contributed by atoms with Crippen molar-refractivity contribution in [1.82, 2.24) is 26.6 Å². The molecule has 0 radical (unpaired) electrons. The molecule has 7 N–H and O–H groups in total. The number of methoxy groups -OCH3 is 1. The largest absolute Gasteiger partial charge is 0.508 e. The molecule has 5 atom stereocenters. The standard InChI is InChI=1S/C45H56BrN5O8/c1-28(2)37(41(54)48-26-32-24-33(46)19-22-36(32)52)50-42(55)38(47-25-30-17-20-34(58-6)21-18-30)39(53)35(23-29-13-9-7-10-14-29)49-43(56)40(45(3,4)5)51-44(57)59-27-31-15-11-8-12-16-31/h7-22,24,28,35,37-40,47,52-53H,23,25-27H2,1-6H3,(H,48,54)(H,49,56)(H,50,55)(H,51,57)/t35?,37-,38?,39-,40?/m0/s1. The number of benzene rings is 4. The number of rotatable bonds is 19. The number of aromatic hydroxyl groups is 1. The summed E-state index contributed by atoms with van der Waals surface area (Å²) < 4.78 is 11.5. The Morgan fingerprint density at radius 1 is 0.729 bits per heavy atom. The Morgan fingerprint density at radius 3 is 1.95 bits per heavy atom. The van der Waals surface area contributed by atoms with Crippen LogP contribution in [0.2, 0.25) is 0 Å². The van der Waals surface area contributed by atoms with Gasteiger partial charge in [-0.1, -0.05) is 123 Å². The van der Waals surface area contributed by atoms with E-state index in [1.54, 1.807) is 66.0 Å². The van der Waals surface area contributed by atoms with Gasteiger partial charge < -0.3 is 41.0 Å². The fraction of sp³-hybridized carbons (Fsp3) is 0.378. The molecule has 0 heterocycles. The lowest BCUT2D eigenvalue weighted by atomic mass is 9.85. The zero-order chi connectivity index (χ0) is 43.1. The number of halogens is 1. The van der Waals surface area contributed by atoms with Crippen LogP contribution in [0.5, 0.6) is 11.5 Å². The molecule has 0 spiro atoms. The van der Waals surface area contributed by atoms with Crippen molar-refractivity contribution in [3.63, 3.8) is 0 Å². The molecule has 59 heavy (non-hydrogen) atoms. The average Bonchev–Trinajstić information content (AvgIpc) is 3.21. The first-order valence-corrected chi connectivity index (χ1v) is 20.3. The smallest absolute Gasteiger partial charge is 0.408 e. The molecule has 3 unspecified atom stereocenters. The van der Waals surface area contributed by atoms with Gasteiger partial charge in [-0.3, -0.25) is 19.7 Å². The first kappa shape index (κ1) is 46.3. The van der Waals surface area contributed by atoms with Crippen LogP contribution in [0.1, 0.15) is 56.9 Å². The highest BCUT2D eigenvalue weighted by Gasteiger charge is 2.39. The highest BCUT2D eigenvalue weighted by atomic mass is 79.9. The molecule has 13 nitrogen and oxygen atoms in total. The molecule has 0 aliphatic carbocycles. The minimum absolute atomic E-state index is 0.000932. The Labute approximate surface area is 354 Å². The van der Waals surface area contributed by atoms with E-state index in [9.17, 15) is 29.4 Å². The van der Waals surface area contributed by atoms with Crippen LogP contribution in [0, 0.1) is 11.3 Å². The van der Waals surface area contributed by atoms with Crippen LogP contribution in [0.25, 0.3) is 0 Å². The number of aliphatic hydroxyl groups excluding tert-OH is 1. The van der Waals surface area contributed by atoms with E-state index in [4.69, 9.17) is 9.47 Å². The molecule has 0 bridgehead atoms. The van der Waals surface area contributed by atoms with Gasteiger partial charge in [0, 0.05) is 23.1 Å². The van der Waals surface area contributed by atoms with Gasteiger partial charge in [0.1, 0.15) is 36.2 Å². The minimum Gasteiger partial charge on any atom is -0.508 e. The summed E-state index contributed by atoms with van der Waals surface area (Å²) in [4.78, 5) is 55.3. The van der Waals surface area contributed by atoms with E-state index < -0.39 is 59.5 Å². The van der Waals surface area contributed by atoms with E-state index in [2.05, 4.69) is 42.5 Å². The van der Waals surface area contributed by atoms with E-state index in [1.807, 2.05) is 72.8 Å². The van der Waals surface area contributed by atoms with Crippen molar-refractivity contribution in [3.05, 3.63) is 130 Å². The van der Waals surface area contributed by atoms with Gasteiger partial charge in [0.05, 0.1) is 19.3 Å². The molecule has 14 heteroatoms. The second kappa shape index (κ2) is 22.1. The zero-order valence-corrected chi connectivity index (χ0v) is 35.9. The number of amides is 4.